The van der Waals surface area contributed by atoms with E-state index >= 15 is 0 Å². The zero-order chi connectivity index (χ0) is 21.7. The van der Waals surface area contributed by atoms with Gasteiger partial charge in [-0.15, -0.1) is 0 Å². The molecule has 1 fully saturated rings. The first-order chi connectivity index (χ1) is 14.9. The number of amides is 2. The van der Waals surface area contributed by atoms with E-state index in [1.807, 2.05) is 12.1 Å². The van der Waals surface area contributed by atoms with Crippen LogP contribution in [0.15, 0.2) is 27.5 Å². The van der Waals surface area contributed by atoms with Crippen molar-refractivity contribution in [3.63, 3.8) is 0 Å². The van der Waals surface area contributed by atoms with Crippen molar-refractivity contribution < 1.29 is 18.5 Å². The summed E-state index contributed by atoms with van der Waals surface area (Å²) in [4.78, 5) is 25.5. The number of carbonyl (C=O) groups is 1. The second-order valence-corrected chi connectivity index (χ2v) is 10.4. The summed E-state index contributed by atoms with van der Waals surface area (Å²) >= 11 is 1.47. The van der Waals surface area contributed by atoms with Gasteiger partial charge in [-0.25, -0.2) is 9.78 Å². The molecule has 3 unspecified atom stereocenters. The van der Waals surface area contributed by atoms with Crippen molar-refractivity contribution >= 4 is 50.4 Å². The Morgan fingerprint density at radius 1 is 1.42 bits per heavy atom. The zero-order valence-corrected chi connectivity index (χ0v) is 18.8. The molecule has 2 amide bonds. The van der Waals surface area contributed by atoms with Crippen LogP contribution in [0, 0.1) is 0 Å². The lowest BCUT2D eigenvalue weighted by Gasteiger charge is -2.32. The van der Waals surface area contributed by atoms with Crippen LogP contribution in [-0.2, 0) is 17.2 Å². The number of oxazole rings is 1. The van der Waals surface area contributed by atoms with Gasteiger partial charge in [0.1, 0.15) is 5.52 Å². The van der Waals surface area contributed by atoms with Gasteiger partial charge in [-0.1, -0.05) is 11.3 Å². The van der Waals surface area contributed by atoms with Crippen molar-refractivity contribution in [2.24, 2.45) is 0 Å². The number of anilines is 2. The molecule has 0 spiro atoms. The Morgan fingerprint density at radius 3 is 3.03 bits per heavy atom. The van der Waals surface area contributed by atoms with Gasteiger partial charge in [0.15, 0.2) is 10.7 Å². The Balaban J connectivity index is 1.41. The van der Waals surface area contributed by atoms with Crippen LogP contribution in [0.1, 0.15) is 36.4 Å². The summed E-state index contributed by atoms with van der Waals surface area (Å²) < 4.78 is 17.9. The predicted molar refractivity (Wildman–Crippen MR) is 119 cm³/mol. The van der Waals surface area contributed by atoms with Gasteiger partial charge in [0.2, 0.25) is 0 Å². The molecule has 31 heavy (non-hydrogen) atoms. The Labute approximate surface area is 185 Å². The van der Waals surface area contributed by atoms with E-state index in [1.165, 1.54) is 11.3 Å². The number of aliphatic hydroxyl groups excluding tert-OH is 1. The van der Waals surface area contributed by atoms with E-state index in [2.05, 4.69) is 20.5 Å². The molecule has 1 aromatic carbocycles. The van der Waals surface area contributed by atoms with Crippen molar-refractivity contribution in [1.29, 1.82) is 0 Å². The van der Waals surface area contributed by atoms with E-state index in [4.69, 9.17) is 14.5 Å². The maximum absolute atomic E-state index is 12.1. The number of urea groups is 1. The van der Waals surface area contributed by atoms with E-state index in [0.717, 1.165) is 34.7 Å². The molecule has 2 aliphatic rings. The molecule has 4 atom stereocenters. The molecule has 164 valence electrons. The number of hydrogen-bond acceptors (Lipinski definition) is 8. The van der Waals surface area contributed by atoms with Crippen molar-refractivity contribution in [1.82, 2.24) is 15.3 Å². The van der Waals surface area contributed by atoms with Gasteiger partial charge in [-0.3, -0.25) is 9.53 Å². The molecular weight excluding hydrogens is 438 g/mol. The Morgan fingerprint density at radius 2 is 2.26 bits per heavy atom. The third-order valence-corrected chi connectivity index (χ3v) is 7.77. The molecule has 3 N–H and O–H groups in total. The first-order valence-electron chi connectivity index (χ1n) is 10.1. The first-order valence-corrected chi connectivity index (χ1v) is 12.5. The van der Waals surface area contributed by atoms with Gasteiger partial charge >= 0.3 is 6.03 Å². The van der Waals surface area contributed by atoms with Crippen molar-refractivity contribution in [2.45, 2.75) is 49.2 Å². The molecule has 0 aliphatic carbocycles. The Bertz CT molecular complexity index is 1180. The highest BCUT2D eigenvalue weighted by Crippen LogP contribution is 2.49. The molecule has 2 aromatic heterocycles. The number of nitrogens with one attached hydrogen (secondary N) is 2. The minimum absolute atomic E-state index is 0.106. The number of nitrogens with zero attached hydrogens (tertiary/aromatic N) is 3. The second kappa shape index (κ2) is 7.88. The smallest absolute Gasteiger partial charge is 0.321 e. The number of aliphatic hydroxyl groups is 1. The lowest BCUT2D eigenvalue weighted by molar-refractivity contribution is 0.229. The van der Waals surface area contributed by atoms with Crippen LogP contribution in [0.2, 0.25) is 0 Å². The van der Waals surface area contributed by atoms with Gasteiger partial charge in [0.05, 0.1) is 29.3 Å². The lowest BCUT2D eigenvalue weighted by atomic mass is 10.1. The average Bonchev–Trinajstić information content (AvgIpc) is 3.41. The fourth-order valence-electron chi connectivity index (χ4n) is 4.26. The third-order valence-electron chi connectivity index (χ3n) is 5.73. The highest BCUT2D eigenvalue weighted by atomic mass is 32.2. The van der Waals surface area contributed by atoms with Crippen LogP contribution < -0.4 is 15.5 Å². The zero-order valence-electron chi connectivity index (χ0n) is 17.1. The standard InChI is InChI=1S/C20H23N5O4S2/c1-10(9-26)21-18(27)24-19-22-14-7-11-3-5-15(17(14)30-19)25(11)20-23-13-8-12(31(2)28)4-6-16(13)29-20/h4,6,8,10-11,15,26H,3,5,7,9H2,1-2H3,(H2,21,22,24,27)/t10-,11?,15?,31?/m1/s1. The van der Waals surface area contributed by atoms with Crippen LogP contribution in [0.5, 0.6) is 0 Å². The summed E-state index contributed by atoms with van der Waals surface area (Å²) in [6, 6.07) is 5.66. The molecule has 2 aliphatic heterocycles. The highest BCUT2D eigenvalue weighted by molar-refractivity contribution is 7.84. The summed E-state index contributed by atoms with van der Waals surface area (Å²) in [6.45, 7) is 1.60. The van der Waals surface area contributed by atoms with Gasteiger partial charge in [0, 0.05) is 34.4 Å². The number of fused-ring (bicyclic) bond motifs is 5. The van der Waals surface area contributed by atoms with Crippen LogP contribution in [0.3, 0.4) is 0 Å². The second-order valence-electron chi connectivity index (χ2n) is 7.95. The maximum Gasteiger partial charge on any atom is 0.321 e. The number of aromatic nitrogens is 2. The quantitative estimate of drug-likeness (QED) is 0.534. The molecule has 4 heterocycles. The molecule has 0 saturated carbocycles. The summed E-state index contributed by atoms with van der Waals surface area (Å²) in [5, 5.41) is 15.1. The van der Waals surface area contributed by atoms with E-state index in [0.29, 0.717) is 22.2 Å². The minimum atomic E-state index is -1.07. The van der Waals surface area contributed by atoms with Gasteiger partial charge < -0.3 is 19.7 Å². The predicted octanol–water partition coefficient (Wildman–Crippen LogP) is 2.79. The molecule has 2 bridgehead atoms. The summed E-state index contributed by atoms with van der Waals surface area (Å²) in [7, 11) is -1.07. The summed E-state index contributed by atoms with van der Waals surface area (Å²) in [5.41, 5.74) is 2.39. The number of thiazole rings is 1. The van der Waals surface area contributed by atoms with Crippen molar-refractivity contribution in [3.8, 4) is 0 Å². The first kappa shape index (κ1) is 20.4. The monoisotopic (exact) mass is 461 g/mol. The van der Waals surface area contributed by atoms with Crippen LogP contribution in [0.25, 0.3) is 11.1 Å². The topological polar surface area (TPSA) is 121 Å². The van der Waals surface area contributed by atoms with Crippen LogP contribution >= 0.6 is 11.3 Å². The fraction of sp³-hybridized carbons (Fsp3) is 0.450. The number of carbonyl (C=O) groups excluding carboxylic acids is 1. The number of benzene rings is 1. The highest BCUT2D eigenvalue weighted by Gasteiger charge is 2.44. The van der Waals surface area contributed by atoms with Crippen molar-refractivity contribution in [2.75, 3.05) is 23.1 Å². The summed E-state index contributed by atoms with van der Waals surface area (Å²) in [5.74, 6) is 0. The normalized spacial score (nSPS) is 21.7. The molecule has 5 rings (SSSR count). The average molecular weight is 462 g/mol. The molecule has 9 nitrogen and oxygen atoms in total. The maximum atomic E-state index is 12.1. The van der Waals surface area contributed by atoms with E-state index in [9.17, 15) is 9.00 Å². The molecule has 0 radical (unpaired) electrons. The van der Waals surface area contributed by atoms with E-state index in [-0.39, 0.29) is 30.8 Å². The van der Waals surface area contributed by atoms with E-state index < -0.39 is 10.8 Å². The van der Waals surface area contributed by atoms with Crippen LogP contribution in [-0.4, -0.2) is 50.3 Å². The van der Waals surface area contributed by atoms with Crippen molar-refractivity contribution in [3.05, 3.63) is 28.8 Å². The molecule has 1 saturated heterocycles. The summed E-state index contributed by atoms with van der Waals surface area (Å²) in [6.07, 6.45) is 4.40. The van der Waals surface area contributed by atoms with Gasteiger partial charge in [-0.05, 0) is 38.0 Å². The Kier molecular flexibility index (Phi) is 5.19. The number of rotatable bonds is 5. The largest absolute Gasteiger partial charge is 0.423 e. The molecule has 11 heteroatoms. The molecular formula is C20H23N5O4S2. The van der Waals surface area contributed by atoms with Crippen LogP contribution in [0.4, 0.5) is 15.9 Å². The van der Waals surface area contributed by atoms with E-state index in [1.54, 1.807) is 19.2 Å². The Hall–Kier alpha value is -2.50. The van der Waals surface area contributed by atoms with Gasteiger partial charge in [-0.2, -0.15) is 4.98 Å². The van der Waals surface area contributed by atoms with Gasteiger partial charge in [0.25, 0.3) is 6.01 Å². The minimum Gasteiger partial charge on any atom is -0.423 e. The SMILES string of the molecule is C[C@H](CO)NC(=O)Nc1nc2c(s1)C1CCC(C2)N1c1nc2cc(S(C)=O)ccc2o1. The lowest BCUT2D eigenvalue weighted by Crippen LogP contribution is -2.38. The fourth-order valence-corrected chi connectivity index (χ4v) is 5.92. The molecule has 3 aromatic rings. The third kappa shape index (κ3) is 3.70. The number of hydrogen-bond donors (Lipinski definition) is 3.